The summed E-state index contributed by atoms with van der Waals surface area (Å²) in [6.07, 6.45) is 5.06. The van der Waals surface area contributed by atoms with Gasteiger partial charge in [-0.1, -0.05) is 40.0 Å². The van der Waals surface area contributed by atoms with Gasteiger partial charge in [0.1, 0.15) is 0 Å². The minimum atomic E-state index is 0.110. The minimum absolute atomic E-state index is 0.110. The highest BCUT2D eigenvalue weighted by atomic mass is 16.2. The fourth-order valence-corrected chi connectivity index (χ4v) is 2.11. The topological polar surface area (TPSA) is 32.3 Å². The molecule has 88 valence electrons. The third-order valence-corrected chi connectivity index (χ3v) is 3.02. The lowest BCUT2D eigenvalue weighted by Gasteiger charge is -2.29. The van der Waals surface area contributed by atoms with E-state index in [4.69, 9.17) is 0 Å². The Morgan fingerprint density at radius 2 is 2.13 bits per heavy atom. The van der Waals surface area contributed by atoms with Crippen LogP contribution in [0.2, 0.25) is 0 Å². The molecule has 1 heterocycles. The van der Waals surface area contributed by atoms with E-state index in [2.05, 4.69) is 26.1 Å². The first-order chi connectivity index (χ1) is 7.05. The Labute approximate surface area is 93.2 Å². The lowest BCUT2D eigenvalue weighted by Crippen LogP contribution is -2.36. The van der Waals surface area contributed by atoms with E-state index >= 15 is 0 Å². The van der Waals surface area contributed by atoms with Crippen molar-refractivity contribution in [2.24, 2.45) is 5.41 Å². The maximum Gasteiger partial charge on any atom is 0.317 e. The number of unbranched alkanes of at least 4 members (excludes halogenated alkanes) is 2. The first-order valence-electron chi connectivity index (χ1n) is 6.08. The first kappa shape index (κ1) is 12.3. The Hall–Kier alpha value is -0.730. The lowest BCUT2D eigenvalue weighted by atomic mass is 9.86. The van der Waals surface area contributed by atoms with Crippen molar-refractivity contribution < 1.29 is 4.79 Å². The molecule has 0 bridgehead atoms. The molecule has 0 radical (unpaired) electrons. The van der Waals surface area contributed by atoms with Crippen molar-refractivity contribution in [2.45, 2.75) is 46.5 Å². The van der Waals surface area contributed by atoms with Gasteiger partial charge in [0.15, 0.2) is 0 Å². The highest BCUT2D eigenvalue weighted by Crippen LogP contribution is 2.25. The number of carbonyl (C=O) groups excluding carboxylic acids is 1. The van der Waals surface area contributed by atoms with Gasteiger partial charge >= 0.3 is 6.03 Å². The van der Waals surface area contributed by atoms with E-state index in [-0.39, 0.29) is 11.4 Å². The van der Waals surface area contributed by atoms with E-state index in [1.807, 2.05) is 4.90 Å². The molecule has 0 unspecified atom stereocenters. The molecule has 0 aromatic carbocycles. The number of amides is 2. The summed E-state index contributed by atoms with van der Waals surface area (Å²) >= 11 is 0. The van der Waals surface area contributed by atoms with Gasteiger partial charge in [-0.3, -0.25) is 0 Å². The molecule has 1 fully saturated rings. The average Bonchev–Trinajstić information content (AvgIpc) is 2.51. The smallest absolute Gasteiger partial charge is 0.317 e. The molecule has 2 amide bonds. The summed E-state index contributed by atoms with van der Waals surface area (Å²) in [5, 5.41) is 2.85. The summed E-state index contributed by atoms with van der Waals surface area (Å²) in [6.45, 7) is 9.31. The Kier molecular flexibility index (Phi) is 4.43. The van der Waals surface area contributed by atoms with E-state index in [9.17, 15) is 4.79 Å². The second kappa shape index (κ2) is 5.38. The van der Waals surface area contributed by atoms with Crippen molar-refractivity contribution in [1.82, 2.24) is 10.2 Å². The Bertz CT molecular complexity index is 214. The van der Waals surface area contributed by atoms with Crippen molar-refractivity contribution in [3.8, 4) is 0 Å². The van der Waals surface area contributed by atoms with Gasteiger partial charge in [0.05, 0.1) is 0 Å². The number of rotatable bonds is 6. The average molecular weight is 212 g/mol. The van der Waals surface area contributed by atoms with Crippen LogP contribution in [0.3, 0.4) is 0 Å². The Morgan fingerprint density at radius 3 is 2.67 bits per heavy atom. The van der Waals surface area contributed by atoms with E-state index in [0.717, 1.165) is 19.6 Å². The summed E-state index contributed by atoms with van der Waals surface area (Å²) in [7, 11) is 0. The van der Waals surface area contributed by atoms with Gasteiger partial charge in [-0.05, 0) is 11.8 Å². The molecule has 0 aliphatic carbocycles. The number of nitrogens with zero attached hydrogens (tertiary/aromatic N) is 1. The molecule has 1 aliphatic heterocycles. The van der Waals surface area contributed by atoms with Crippen LogP contribution in [0.25, 0.3) is 0 Å². The molecule has 15 heavy (non-hydrogen) atoms. The van der Waals surface area contributed by atoms with Crippen molar-refractivity contribution in [1.29, 1.82) is 0 Å². The van der Waals surface area contributed by atoms with Crippen LogP contribution >= 0.6 is 0 Å². The maximum absolute atomic E-state index is 11.4. The summed E-state index contributed by atoms with van der Waals surface area (Å²) in [5.74, 6) is 0. The summed E-state index contributed by atoms with van der Waals surface area (Å²) in [6, 6.07) is 0.110. The van der Waals surface area contributed by atoms with E-state index in [1.165, 1.54) is 25.7 Å². The lowest BCUT2D eigenvalue weighted by molar-refractivity contribution is 0.182. The SMILES string of the molecule is CCCCCC(C)(C)CN1CCNC1=O. The van der Waals surface area contributed by atoms with E-state index in [0.29, 0.717) is 0 Å². The zero-order chi connectivity index (χ0) is 11.3. The highest BCUT2D eigenvalue weighted by molar-refractivity contribution is 5.76. The fraction of sp³-hybridized carbons (Fsp3) is 0.917. The van der Waals surface area contributed by atoms with Gasteiger partial charge in [-0.25, -0.2) is 4.79 Å². The normalized spacial score (nSPS) is 17.0. The summed E-state index contributed by atoms with van der Waals surface area (Å²) in [5.41, 5.74) is 0.261. The Balaban J connectivity index is 2.30. The van der Waals surface area contributed by atoms with Gasteiger partial charge < -0.3 is 10.2 Å². The summed E-state index contributed by atoms with van der Waals surface area (Å²) < 4.78 is 0. The molecule has 1 rings (SSSR count). The van der Waals surface area contributed by atoms with Crippen molar-refractivity contribution in [3.63, 3.8) is 0 Å². The molecule has 0 saturated carbocycles. The van der Waals surface area contributed by atoms with Crippen LogP contribution in [0.4, 0.5) is 4.79 Å². The van der Waals surface area contributed by atoms with Crippen molar-refractivity contribution in [3.05, 3.63) is 0 Å². The monoisotopic (exact) mass is 212 g/mol. The van der Waals surface area contributed by atoms with Crippen LogP contribution in [-0.4, -0.2) is 30.6 Å². The van der Waals surface area contributed by atoms with E-state index in [1.54, 1.807) is 0 Å². The molecule has 1 N–H and O–H groups in total. The molecule has 1 saturated heterocycles. The third kappa shape index (κ3) is 4.10. The first-order valence-corrected chi connectivity index (χ1v) is 6.08. The maximum atomic E-state index is 11.4. The molecule has 3 heteroatoms. The number of carbonyl (C=O) groups is 1. The van der Waals surface area contributed by atoms with Gasteiger partial charge in [0.2, 0.25) is 0 Å². The minimum Gasteiger partial charge on any atom is -0.336 e. The predicted molar refractivity (Wildman–Crippen MR) is 62.9 cm³/mol. The molecular weight excluding hydrogens is 188 g/mol. The van der Waals surface area contributed by atoms with Gasteiger partial charge in [-0.15, -0.1) is 0 Å². The zero-order valence-electron chi connectivity index (χ0n) is 10.3. The number of urea groups is 1. The molecule has 0 aromatic rings. The number of hydrogen-bond acceptors (Lipinski definition) is 1. The molecule has 1 aliphatic rings. The van der Waals surface area contributed by atoms with Gasteiger partial charge in [-0.2, -0.15) is 0 Å². The standard InChI is InChI=1S/C12H24N2O/c1-4-5-6-7-12(2,3)10-14-9-8-13-11(14)15/h4-10H2,1-3H3,(H,13,15). The molecule has 3 nitrogen and oxygen atoms in total. The molecule has 0 aromatic heterocycles. The number of nitrogens with one attached hydrogen (secondary N) is 1. The van der Waals surface area contributed by atoms with Crippen LogP contribution in [0, 0.1) is 5.41 Å². The second-order valence-electron chi connectivity index (χ2n) is 5.27. The predicted octanol–water partition coefficient (Wildman–Crippen LogP) is 2.62. The molecule has 0 atom stereocenters. The van der Waals surface area contributed by atoms with E-state index < -0.39 is 0 Å². The zero-order valence-corrected chi connectivity index (χ0v) is 10.3. The summed E-state index contributed by atoms with van der Waals surface area (Å²) in [4.78, 5) is 13.3. The third-order valence-electron chi connectivity index (χ3n) is 3.02. The largest absolute Gasteiger partial charge is 0.336 e. The highest BCUT2D eigenvalue weighted by Gasteiger charge is 2.27. The van der Waals surface area contributed by atoms with Crippen LogP contribution in [0.1, 0.15) is 46.5 Å². The quantitative estimate of drug-likeness (QED) is 0.674. The van der Waals surface area contributed by atoms with Crippen molar-refractivity contribution in [2.75, 3.05) is 19.6 Å². The molecular formula is C12H24N2O. The second-order valence-corrected chi connectivity index (χ2v) is 5.27. The van der Waals surface area contributed by atoms with Gasteiger partial charge in [0.25, 0.3) is 0 Å². The van der Waals surface area contributed by atoms with Gasteiger partial charge in [0, 0.05) is 19.6 Å². The van der Waals surface area contributed by atoms with Crippen molar-refractivity contribution >= 4 is 6.03 Å². The van der Waals surface area contributed by atoms with Crippen LogP contribution in [0.5, 0.6) is 0 Å². The number of hydrogen-bond donors (Lipinski definition) is 1. The van der Waals surface area contributed by atoms with Crippen LogP contribution in [0.15, 0.2) is 0 Å². The molecule has 0 spiro atoms. The van der Waals surface area contributed by atoms with Crippen LogP contribution < -0.4 is 5.32 Å². The van der Waals surface area contributed by atoms with Crippen LogP contribution in [-0.2, 0) is 0 Å². The Morgan fingerprint density at radius 1 is 1.40 bits per heavy atom. The fourth-order valence-electron chi connectivity index (χ4n) is 2.11.